The second-order valence-electron chi connectivity index (χ2n) is 10.4. The quantitative estimate of drug-likeness (QED) is 0.279. The van der Waals surface area contributed by atoms with Crippen LogP contribution in [0.1, 0.15) is 71.2 Å². The predicted octanol–water partition coefficient (Wildman–Crippen LogP) is 7.61. The lowest BCUT2D eigenvalue weighted by Gasteiger charge is -2.23. The van der Waals surface area contributed by atoms with Gasteiger partial charge in [-0.1, -0.05) is 66.7 Å². The Balaban J connectivity index is 2.29. The van der Waals surface area contributed by atoms with Crippen molar-refractivity contribution in [3.8, 4) is 0 Å². The van der Waals surface area contributed by atoms with Crippen LogP contribution in [0.3, 0.4) is 0 Å². The molecule has 166 valence electrons. The molecule has 1 heterocycles. The molecule has 0 spiro atoms. The Hall–Kier alpha value is -2.07. The molecular formula is C27H34FNOS. The van der Waals surface area contributed by atoms with E-state index in [0.717, 1.165) is 17.4 Å². The van der Waals surface area contributed by atoms with E-state index in [2.05, 4.69) is 57.4 Å². The number of carbonyl (C=O) groups excluding carboxylic acids is 1. The third-order valence-corrected chi connectivity index (χ3v) is 6.69. The number of rotatable bonds is 7. The summed E-state index contributed by atoms with van der Waals surface area (Å²) in [6.45, 7) is 15.7. The summed E-state index contributed by atoms with van der Waals surface area (Å²) in [7, 11) is 0. The molecule has 0 fully saturated rings. The summed E-state index contributed by atoms with van der Waals surface area (Å²) in [6, 6.07) is 13.4. The molecule has 2 nitrogen and oxygen atoms in total. The molecule has 0 radical (unpaired) electrons. The van der Waals surface area contributed by atoms with Crippen LogP contribution in [0.25, 0.3) is 10.9 Å². The van der Waals surface area contributed by atoms with Crippen LogP contribution < -0.4 is 0 Å². The lowest BCUT2D eigenvalue weighted by molar-refractivity contribution is -0.114. The number of benzene rings is 2. The number of aldehydes is 1. The summed E-state index contributed by atoms with van der Waals surface area (Å²) in [5.74, 6) is 0.209. The standard InChI is InChI=1S/C27H34FNOS/c1-18(2)20-10-13-23-22(14-20)25(31-26(3,4)5)24(15-27(6,7)17-30)29(23)16-19-8-11-21(28)12-9-19/h8-14,17-18H,15-16H2,1-7H3. The second-order valence-corrected chi connectivity index (χ2v) is 12.3. The van der Waals surface area contributed by atoms with Crippen molar-refractivity contribution < 1.29 is 9.18 Å². The zero-order valence-corrected chi connectivity index (χ0v) is 20.6. The number of aromatic nitrogens is 1. The van der Waals surface area contributed by atoms with Gasteiger partial charge in [-0.25, -0.2) is 4.39 Å². The molecule has 31 heavy (non-hydrogen) atoms. The molecule has 0 N–H and O–H groups in total. The summed E-state index contributed by atoms with van der Waals surface area (Å²) in [5.41, 5.74) is 4.23. The van der Waals surface area contributed by atoms with Crippen LogP contribution >= 0.6 is 11.8 Å². The average Bonchev–Trinajstić information content (AvgIpc) is 2.94. The van der Waals surface area contributed by atoms with Crippen molar-refractivity contribution in [3.05, 3.63) is 65.1 Å². The van der Waals surface area contributed by atoms with Gasteiger partial charge in [0.05, 0.1) is 0 Å². The molecular weight excluding hydrogens is 405 g/mol. The highest BCUT2D eigenvalue weighted by molar-refractivity contribution is 8.00. The maximum Gasteiger partial charge on any atom is 0.125 e. The lowest BCUT2D eigenvalue weighted by atomic mass is 9.89. The smallest absolute Gasteiger partial charge is 0.125 e. The van der Waals surface area contributed by atoms with Gasteiger partial charge < -0.3 is 9.36 Å². The molecule has 0 amide bonds. The van der Waals surface area contributed by atoms with E-state index < -0.39 is 5.41 Å². The van der Waals surface area contributed by atoms with Crippen LogP contribution in [0.2, 0.25) is 0 Å². The first-order chi connectivity index (χ1) is 14.4. The van der Waals surface area contributed by atoms with Gasteiger partial charge in [0.2, 0.25) is 0 Å². The van der Waals surface area contributed by atoms with Gasteiger partial charge in [-0.2, -0.15) is 0 Å². The van der Waals surface area contributed by atoms with Crippen molar-refractivity contribution in [1.29, 1.82) is 0 Å². The second kappa shape index (κ2) is 8.82. The zero-order chi connectivity index (χ0) is 23.0. The van der Waals surface area contributed by atoms with Crippen LogP contribution in [0.15, 0.2) is 47.4 Å². The van der Waals surface area contributed by atoms with Gasteiger partial charge in [0.1, 0.15) is 12.1 Å². The summed E-state index contributed by atoms with van der Waals surface area (Å²) in [6.07, 6.45) is 1.71. The summed E-state index contributed by atoms with van der Waals surface area (Å²) >= 11 is 1.87. The van der Waals surface area contributed by atoms with Gasteiger partial charge in [-0.3, -0.25) is 0 Å². The van der Waals surface area contributed by atoms with Crippen LogP contribution in [0.5, 0.6) is 0 Å². The fraction of sp³-hybridized carbons (Fsp3) is 0.444. The van der Waals surface area contributed by atoms with Gasteiger partial charge in [-0.05, 0) is 41.3 Å². The van der Waals surface area contributed by atoms with Gasteiger partial charge in [-0.15, -0.1) is 11.8 Å². The van der Waals surface area contributed by atoms with Crippen LogP contribution in [-0.4, -0.2) is 15.6 Å². The Kier molecular flexibility index (Phi) is 6.71. The summed E-state index contributed by atoms with van der Waals surface area (Å²) in [4.78, 5) is 13.1. The monoisotopic (exact) mass is 439 g/mol. The molecule has 0 aliphatic carbocycles. The van der Waals surface area contributed by atoms with Crippen molar-refractivity contribution in [2.75, 3.05) is 0 Å². The molecule has 0 saturated heterocycles. The van der Waals surface area contributed by atoms with Crippen molar-refractivity contribution >= 4 is 29.0 Å². The molecule has 0 aliphatic rings. The first kappa shape index (κ1) is 23.6. The molecule has 0 atom stereocenters. The van der Waals surface area contributed by atoms with E-state index in [-0.39, 0.29) is 10.6 Å². The van der Waals surface area contributed by atoms with Gasteiger partial charge in [0, 0.05) is 44.6 Å². The van der Waals surface area contributed by atoms with E-state index in [1.54, 1.807) is 0 Å². The third kappa shape index (κ3) is 5.60. The fourth-order valence-electron chi connectivity index (χ4n) is 3.78. The molecule has 0 bridgehead atoms. The molecule has 0 aliphatic heterocycles. The highest BCUT2D eigenvalue weighted by atomic mass is 32.2. The fourth-order valence-corrected chi connectivity index (χ4v) is 4.96. The van der Waals surface area contributed by atoms with Gasteiger partial charge in [0.15, 0.2) is 0 Å². The van der Waals surface area contributed by atoms with E-state index in [1.807, 2.05) is 37.7 Å². The van der Waals surface area contributed by atoms with E-state index in [9.17, 15) is 9.18 Å². The lowest BCUT2D eigenvalue weighted by Crippen LogP contribution is -2.20. The van der Waals surface area contributed by atoms with E-state index in [1.165, 1.54) is 33.7 Å². The van der Waals surface area contributed by atoms with Crippen LogP contribution in [0.4, 0.5) is 4.39 Å². The van der Waals surface area contributed by atoms with E-state index in [0.29, 0.717) is 18.9 Å². The highest BCUT2D eigenvalue weighted by Gasteiger charge is 2.28. The Bertz CT molecular complexity index is 1070. The predicted molar refractivity (Wildman–Crippen MR) is 131 cm³/mol. The molecule has 2 aromatic carbocycles. The number of nitrogens with zero attached hydrogens (tertiary/aromatic N) is 1. The van der Waals surface area contributed by atoms with Crippen LogP contribution in [-0.2, 0) is 17.8 Å². The number of carbonyl (C=O) groups is 1. The average molecular weight is 440 g/mol. The molecule has 0 unspecified atom stereocenters. The van der Waals surface area contributed by atoms with Crippen molar-refractivity contribution in [1.82, 2.24) is 4.57 Å². The Morgan fingerprint density at radius 1 is 1.03 bits per heavy atom. The highest BCUT2D eigenvalue weighted by Crippen LogP contribution is 2.43. The summed E-state index contributed by atoms with van der Waals surface area (Å²) in [5, 5.41) is 1.24. The summed E-state index contributed by atoms with van der Waals surface area (Å²) < 4.78 is 15.8. The third-order valence-electron chi connectivity index (χ3n) is 5.41. The van der Waals surface area contributed by atoms with E-state index >= 15 is 0 Å². The molecule has 3 aromatic rings. The molecule has 4 heteroatoms. The maximum atomic E-state index is 13.5. The van der Waals surface area contributed by atoms with E-state index in [4.69, 9.17) is 0 Å². The maximum absolute atomic E-state index is 13.5. The first-order valence-electron chi connectivity index (χ1n) is 10.9. The van der Waals surface area contributed by atoms with Gasteiger partial charge >= 0.3 is 0 Å². The minimum absolute atomic E-state index is 0.0307. The minimum Gasteiger partial charge on any atom is -0.339 e. The first-order valence-corrected chi connectivity index (χ1v) is 11.8. The Morgan fingerprint density at radius 3 is 2.23 bits per heavy atom. The van der Waals surface area contributed by atoms with Crippen molar-refractivity contribution in [2.45, 2.75) is 77.0 Å². The Morgan fingerprint density at radius 2 is 1.68 bits per heavy atom. The number of halogens is 1. The number of fused-ring (bicyclic) bond motifs is 1. The topological polar surface area (TPSA) is 22.0 Å². The number of hydrogen-bond donors (Lipinski definition) is 0. The molecule has 3 rings (SSSR count). The number of thioether (sulfide) groups is 1. The molecule has 1 aromatic heterocycles. The van der Waals surface area contributed by atoms with Crippen molar-refractivity contribution in [2.24, 2.45) is 5.41 Å². The number of hydrogen-bond acceptors (Lipinski definition) is 2. The van der Waals surface area contributed by atoms with Gasteiger partial charge in [0.25, 0.3) is 0 Å². The molecule has 0 saturated carbocycles. The zero-order valence-electron chi connectivity index (χ0n) is 19.8. The normalized spacial score (nSPS) is 12.7. The van der Waals surface area contributed by atoms with Crippen molar-refractivity contribution in [3.63, 3.8) is 0 Å². The largest absolute Gasteiger partial charge is 0.339 e. The Labute approximate surface area is 190 Å². The van der Waals surface area contributed by atoms with Crippen LogP contribution in [0, 0.1) is 11.2 Å². The SMILES string of the molecule is CC(C)c1ccc2c(c1)c(SC(C)(C)C)c(CC(C)(C)C=O)n2Cc1ccc(F)cc1. The minimum atomic E-state index is -0.469.